The normalized spacial score (nSPS) is 10.5. The third-order valence-electron chi connectivity index (χ3n) is 2.50. The van der Waals surface area contributed by atoms with Crippen LogP contribution in [0, 0.1) is 0 Å². The van der Waals surface area contributed by atoms with Crippen molar-refractivity contribution < 1.29 is 9.90 Å². The van der Waals surface area contributed by atoms with Crippen LogP contribution in [-0.2, 0) is 13.6 Å². The molecule has 0 bridgehead atoms. The monoisotopic (exact) mass is 250 g/mol. The summed E-state index contributed by atoms with van der Waals surface area (Å²) in [5.41, 5.74) is -1.34. The number of nitrogens with one attached hydrogen (secondary N) is 1. The van der Waals surface area contributed by atoms with E-state index in [0.717, 1.165) is 10.8 Å². The van der Waals surface area contributed by atoms with E-state index in [1.165, 1.54) is 0 Å². The zero-order valence-corrected chi connectivity index (χ0v) is 9.45. The van der Waals surface area contributed by atoms with E-state index >= 15 is 0 Å². The van der Waals surface area contributed by atoms with Crippen LogP contribution in [0.2, 0.25) is 0 Å². The number of rotatable bonds is 3. The number of carboxylic acids is 1. The van der Waals surface area contributed by atoms with Crippen LogP contribution in [0.1, 0.15) is 16.1 Å². The van der Waals surface area contributed by atoms with Gasteiger partial charge in [0.2, 0.25) is 0 Å². The molecule has 2 aromatic rings. The van der Waals surface area contributed by atoms with E-state index in [9.17, 15) is 14.4 Å². The third-order valence-corrected chi connectivity index (χ3v) is 2.50. The predicted molar refractivity (Wildman–Crippen MR) is 60.6 cm³/mol. The van der Waals surface area contributed by atoms with E-state index in [4.69, 9.17) is 5.11 Å². The predicted octanol–water partition coefficient (Wildman–Crippen LogP) is -0.983. The van der Waals surface area contributed by atoms with Crippen molar-refractivity contribution in [3.63, 3.8) is 0 Å². The summed E-state index contributed by atoms with van der Waals surface area (Å²) in [6.45, 7) is 0.131. The number of hydrogen-bond acceptors (Lipinski definition) is 4. The van der Waals surface area contributed by atoms with Gasteiger partial charge in [-0.25, -0.2) is 9.59 Å². The van der Waals surface area contributed by atoms with Crippen LogP contribution < -0.4 is 11.2 Å². The van der Waals surface area contributed by atoms with Gasteiger partial charge in [0.25, 0.3) is 5.56 Å². The molecule has 0 radical (unpaired) electrons. The molecule has 0 aliphatic rings. The lowest BCUT2D eigenvalue weighted by atomic mass is 10.3. The first-order chi connectivity index (χ1) is 8.49. The number of aromatic carboxylic acids is 1. The topological polar surface area (TPSA) is 110 Å². The molecule has 0 unspecified atom stereocenters. The highest BCUT2D eigenvalue weighted by Gasteiger charge is 2.12. The van der Waals surface area contributed by atoms with Gasteiger partial charge in [-0.3, -0.25) is 19.0 Å². The quantitative estimate of drug-likeness (QED) is 0.727. The number of carbonyl (C=O) groups is 1. The molecule has 2 aromatic heterocycles. The zero-order chi connectivity index (χ0) is 13.3. The van der Waals surface area contributed by atoms with Gasteiger partial charge in [-0.15, -0.1) is 0 Å². The van der Waals surface area contributed by atoms with Crippen LogP contribution in [0.5, 0.6) is 0 Å². The SMILES string of the molecule is Cn1nccc1Cn1cc(C(=O)O)c(=O)[nH]c1=O. The summed E-state index contributed by atoms with van der Waals surface area (Å²) in [4.78, 5) is 35.5. The maximum atomic E-state index is 11.5. The van der Waals surface area contributed by atoms with E-state index in [0.29, 0.717) is 5.69 Å². The van der Waals surface area contributed by atoms with E-state index in [1.807, 2.05) is 4.98 Å². The average molecular weight is 250 g/mol. The number of hydrogen-bond donors (Lipinski definition) is 2. The number of aryl methyl sites for hydroxylation is 1. The number of aromatic amines is 1. The number of aromatic nitrogens is 4. The molecule has 0 saturated carbocycles. The van der Waals surface area contributed by atoms with Crippen molar-refractivity contribution in [1.29, 1.82) is 0 Å². The van der Waals surface area contributed by atoms with Crippen LogP contribution >= 0.6 is 0 Å². The first-order valence-electron chi connectivity index (χ1n) is 5.03. The Morgan fingerprint density at radius 2 is 2.22 bits per heavy atom. The minimum absolute atomic E-state index is 0.131. The van der Waals surface area contributed by atoms with E-state index in [1.54, 1.807) is 24.0 Å². The Hall–Kier alpha value is -2.64. The molecule has 0 amide bonds. The van der Waals surface area contributed by atoms with Gasteiger partial charge in [0, 0.05) is 19.4 Å². The minimum atomic E-state index is -1.38. The molecular weight excluding hydrogens is 240 g/mol. The molecule has 2 heterocycles. The van der Waals surface area contributed by atoms with Crippen LogP contribution in [0.15, 0.2) is 28.0 Å². The third kappa shape index (κ3) is 2.08. The van der Waals surface area contributed by atoms with Gasteiger partial charge in [-0.05, 0) is 6.07 Å². The average Bonchev–Trinajstić information content (AvgIpc) is 2.67. The van der Waals surface area contributed by atoms with Crippen molar-refractivity contribution >= 4 is 5.97 Å². The highest BCUT2D eigenvalue weighted by Crippen LogP contribution is 1.98. The Bertz CT molecular complexity index is 709. The van der Waals surface area contributed by atoms with Gasteiger partial charge >= 0.3 is 11.7 Å². The Kier molecular flexibility index (Phi) is 2.84. The Morgan fingerprint density at radius 3 is 2.78 bits per heavy atom. The molecule has 94 valence electrons. The van der Waals surface area contributed by atoms with Gasteiger partial charge in [-0.1, -0.05) is 0 Å². The summed E-state index contributed by atoms with van der Waals surface area (Å²) in [7, 11) is 1.70. The molecule has 18 heavy (non-hydrogen) atoms. The van der Waals surface area contributed by atoms with Gasteiger partial charge in [-0.2, -0.15) is 5.10 Å². The molecule has 8 heteroatoms. The van der Waals surface area contributed by atoms with Crippen molar-refractivity contribution in [1.82, 2.24) is 19.3 Å². The van der Waals surface area contributed by atoms with Gasteiger partial charge in [0.15, 0.2) is 0 Å². The number of carboxylic acid groups (broad SMARTS) is 1. The lowest BCUT2D eigenvalue weighted by Gasteiger charge is -2.06. The highest BCUT2D eigenvalue weighted by molar-refractivity contribution is 5.86. The first kappa shape index (κ1) is 11.8. The molecule has 0 aliphatic carbocycles. The molecule has 0 fully saturated rings. The van der Waals surface area contributed by atoms with Gasteiger partial charge in [0.1, 0.15) is 5.56 Å². The Labute approximate surface area is 100 Å². The molecule has 0 aliphatic heterocycles. The molecule has 8 nitrogen and oxygen atoms in total. The molecule has 2 rings (SSSR count). The van der Waals surface area contributed by atoms with E-state index in [-0.39, 0.29) is 6.54 Å². The van der Waals surface area contributed by atoms with Crippen LogP contribution in [-0.4, -0.2) is 30.4 Å². The molecule has 0 aromatic carbocycles. The zero-order valence-electron chi connectivity index (χ0n) is 9.45. The standard InChI is InChI=1S/C10H10N4O4/c1-13-6(2-3-11-13)4-14-5-7(9(16)17)8(15)12-10(14)18/h2-3,5H,4H2,1H3,(H,16,17)(H,12,15,18). The summed E-state index contributed by atoms with van der Waals surface area (Å²) in [5, 5.41) is 12.7. The maximum absolute atomic E-state index is 11.5. The van der Waals surface area contributed by atoms with Crippen LogP contribution in [0.3, 0.4) is 0 Å². The molecule has 2 N–H and O–H groups in total. The van der Waals surface area contributed by atoms with E-state index in [2.05, 4.69) is 5.10 Å². The minimum Gasteiger partial charge on any atom is -0.477 e. The number of nitrogens with zero attached hydrogens (tertiary/aromatic N) is 3. The maximum Gasteiger partial charge on any atom is 0.342 e. The summed E-state index contributed by atoms with van der Waals surface area (Å²) in [6, 6.07) is 1.69. The smallest absolute Gasteiger partial charge is 0.342 e. The van der Waals surface area contributed by atoms with Crippen LogP contribution in [0.25, 0.3) is 0 Å². The lowest BCUT2D eigenvalue weighted by molar-refractivity contribution is 0.0693. The van der Waals surface area contributed by atoms with Gasteiger partial charge < -0.3 is 5.11 Å². The summed E-state index contributed by atoms with van der Waals surface area (Å²) < 4.78 is 2.67. The van der Waals surface area contributed by atoms with Gasteiger partial charge in [0.05, 0.1) is 12.2 Å². The summed E-state index contributed by atoms with van der Waals surface area (Å²) >= 11 is 0. The second-order valence-corrected chi connectivity index (χ2v) is 3.68. The fourth-order valence-electron chi connectivity index (χ4n) is 1.51. The van der Waals surface area contributed by atoms with Crippen molar-refractivity contribution in [2.75, 3.05) is 0 Å². The van der Waals surface area contributed by atoms with Crippen molar-refractivity contribution in [2.45, 2.75) is 6.54 Å². The summed E-state index contributed by atoms with van der Waals surface area (Å²) in [6.07, 6.45) is 2.58. The van der Waals surface area contributed by atoms with E-state index < -0.39 is 22.8 Å². The van der Waals surface area contributed by atoms with Crippen molar-refractivity contribution in [3.05, 3.63) is 50.6 Å². The second-order valence-electron chi connectivity index (χ2n) is 3.68. The fourth-order valence-corrected chi connectivity index (χ4v) is 1.51. The lowest BCUT2D eigenvalue weighted by Crippen LogP contribution is -2.33. The molecule has 0 atom stereocenters. The molecule has 0 saturated heterocycles. The van der Waals surface area contributed by atoms with Crippen molar-refractivity contribution in [2.24, 2.45) is 7.05 Å². The van der Waals surface area contributed by atoms with Crippen molar-refractivity contribution in [3.8, 4) is 0 Å². The number of H-pyrrole nitrogens is 1. The Balaban J connectivity index is 2.49. The molecular formula is C10H10N4O4. The first-order valence-corrected chi connectivity index (χ1v) is 5.03. The fraction of sp³-hybridized carbons (Fsp3) is 0.200. The van der Waals surface area contributed by atoms with Crippen LogP contribution in [0.4, 0.5) is 0 Å². The highest BCUT2D eigenvalue weighted by atomic mass is 16.4. The second kappa shape index (κ2) is 4.32. The Morgan fingerprint density at radius 1 is 1.50 bits per heavy atom. The summed E-state index contributed by atoms with van der Waals surface area (Å²) in [5.74, 6) is -1.38. The largest absolute Gasteiger partial charge is 0.477 e. The molecule has 0 spiro atoms.